The number of carbonyl (C=O) groups is 1. The fourth-order valence-corrected chi connectivity index (χ4v) is 0.758. The molecule has 0 atom stereocenters. The zero-order chi connectivity index (χ0) is 10.3. The highest BCUT2D eigenvalue weighted by Gasteiger charge is 2.03. The minimum absolute atomic E-state index is 0.0955. The van der Waals surface area contributed by atoms with Crippen molar-refractivity contribution in [3.63, 3.8) is 0 Å². The van der Waals surface area contributed by atoms with Gasteiger partial charge in [-0.2, -0.15) is 0 Å². The summed E-state index contributed by atoms with van der Waals surface area (Å²) in [5.41, 5.74) is 5.02. The first-order valence-corrected chi connectivity index (χ1v) is 3.81. The van der Waals surface area contributed by atoms with Crippen molar-refractivity contribution in [3.8, 4) is 0 Å². The minimum atomic E-state index is -0.956. The van der Waals surface area contributed by atoms with E-state index in [1.165, 1.54) is 5.01 Å². The third-order valence-corrected chi connectivity index (χ3v) is 1.28. The molecular formula is C6H15N5O2. The molecule has 7 nitrogen and oxygen atoms in total. The molecular weight excluding hydrogens is 174 g/mol. The SMILES string of the molecule is N=C(N)NCCCN(N)CC(=O)O. The van der Waals surface area contributed by atoms with Gasteiger partial charge in [-0.3, -0.25) is 16.0 Å². The number of hydrogen-bond donors (Lipinski definition) is 5. The molecule has 0 aliphatic carbocycles. The van der Waals surface area contributed by atoms with Gasteiger partial charge in [0, 0.05) is 13.1 Å². The molecule has 0 fully saturated rings. The minimum Gasteiger partial charge on any atom is -0.480 e. The number of hydrogen-bond acceptors (Lipinski definition) is 4. The van der Waals surface area contributed by atoms with E-state index in [-0.39, 0.29) is 12.5 Å². The molecule has 0 unspecified atom stereocenters. The lowest BCUT2D eigenvalue weighted by molar-refractivity contribution is -0.138. The van der Waals surface area contributed by atoms with E-state index in [4.69, 9.17) is 22.1 Å². The molecule has 0 aromatic rings. The standard InChI is InChI=1S/C6H15N5O2/c7-6(8)10-2-1-3-11(9)4-5(12)13/h1-4,9H2,(H,12,13)(H4,7,8,10). The summed E-state index contributed by atoms with van der Waals surface area (Å²) in [6.07, 6.45) is 0.642. The molecule has 7 heteroatoms. The largest absolute Gasteiger partial charge is 0.480 e. The second-order valence-corrected chi connectivity index (χ2v) is 2.56. The van der Waals surface area contributed by atoms with Crippen LogP contribution >= 0.6 is 0 Å². The molecule has 0 aromatic heterocycles. The molecule has 0 saturated heterocycles. The van der Waals surface area contributed by atoms with Crippen molar-refractivity contribution in [2.75, 3.05) is 19.6 Å². The van der Waals surface area contributed by atoms with Crippen LogP contribution in [0.1, 0.15) is 6.42 Å². The van der Waals surface area contributed by atoms with Gasteiger partial charge in [0.25, 0.3) is 0 Å². The van der Waals surface area contributed by atoms with Crippen LogP contribution in [0.4, 0.5) is 0 Å². The Labute approximate surface area is 76.2 Å². The van der Waals surface area contributed by atoms with Gasteiger partial charge in [-0.1, -0.05) is 0 Å². The number of carboxylic acid groups (broad SMARTS) is 1. The second kappa shape index (κ2) is 6.21. The molecule has 76 valence electrons. The van der Waals surface area contributed by atoms with E-state index < -0.39 is 5.97 Å². The van der Waals surface area contributed by atoms with Crippen molar-refractivity contribution in [3.05, 3.63) is 0 Å². The number of hydrazine groups is 1. The van der Waals surface area contributed by atoms with Crippen LogP contribution < -0.4 is 16.9 Å². The normalized spacial score (nSPS) is 10.0. The summed E-state index contributed by atoms with van der Waals surface area (Å²) in [6, 6.07) is 0. The third kappa shape index (κ3) is 8.57. The van der Waals surface area contributed by atoms with Crippen LogP contribution in [0.25, 0.3) is 0 Å². The number of aliphatic carboxylic acids is 1. The molecule has 0 amide bonds. The van der Waals surface area contributed by atoms with Crippen LogP contribution in [0.5, 0.6) is 0 Å². The Balaban J connectivity index is 3.31. The smallest absolute Gasteiger partial charge is 0.319 e. The molecule has 0 saturated carbocycles. The summed E-state index contributed by atoms with van der Waals surface area (Å²) in [5, 5.41) is 18.9. The van der Waals surface area contributed by atoms with Crippen molar-refractivity contribution in [1.82, 2.24) is 10.3 Å². The van der Waals surface area contributed by atoms with Gasteiger partial charge in [0.05, 0.1) is 0 Å². The molecule has 0 aliphatic heterocycles. The van der Waals surface area contributed by atoms with Gasteiger partial charge in [0.2, 0.25) is 0 Å². The molecule has 0 aliphatic rings. The Bertz CT molecular complexity index is 184. The van der Waals surface area contributed by atoms with Gasteiger partial charge in [-0.15, -0.1) is 0 Å². The van der Waals surface area contributed by atoms with Gasteiger partial charge in [0.1, 0.15) is 6.54 Å². The first-order valence-electron chi connectivity index (χ1n) is 3.81. The van der Waals surface area contributed by atoms with E-state index in [0.717, 1.165) is 0 Å². The van der Waals surface area contributed by atoms with Crippen molar-refractivity contribution < 1.29 is 9.90 Å². The fourth-order valence-electron chi connectivity index (χ4n) is 0.758. The van der Waals surface area contributed by atoms with Crippen LogP contribution in [-0.4, -0.2) is 41.7 Å². The zero-order valence-electron chi connectivity index (χ0n) is 7.29. The van der Waals surface area contributed by atoms with Gasteiger partial charge in [0.15, 0.2) is 5.96 Å². The second-order valence-electron chi connectivity index (χ2n) is 2.56. The van der Waals surface area contributed by atoms with E-state index in [1.807, 2.05) is 0 Å². The highest BCUT2D eigenvalue weighted by Crippen LogP contribution is 1.82. The summed E-state index contributed by atoms with van der Waals surface area (Å²) in [6.45, 7) is 0.787. The molecule has 7 N–H and O–H groups in total. The molecule has 13 heavy (non-hydrogen) atoms. The average molecular weight is 189 g/mol. The molecule has 0 aromatic carbocycles. The van der Waals surface area contributed by atoms with Crippen LogP contribution in [0, 0.1) is 5.41 Å². The lowest BCUT2D eigenvalue weighted by Gasteiger charge is -2.13. The fraction of sp³-hybridized carbons (Fsp3) is 0.667. The number of nitrogens with zero attached hydrogens (tertiary/aromatic N) is 1. The summed E-state index contributed by atoms with van der Waals surface area (Å²) in [4.78, 5) is 10.2. The molecule has 0 spiro atoms. The number of guanidine groups is 1. The maximum atomic E-state index is 10.2. The van der Waals surface area contributed by atoms with Crippen molar-refractivity contribution in [2.45, 2.75) is 6.42 Å². The van der Waals surface area contributed by atoms with E-state index in [1.54, 1.807) is 0 Å². The highest BCUT2D eigenvalue weighted by molar-refractivity contribution is 5.74. The van der Waals surface area contributed by atoms with Crippen LogP contribution in [0.15, 0.2) is 0 Å². The number of rotatable bonds is 6. The van der Waals surface area contributed by atoms with Gasteiger partial charge < -0.3 is 16.2 Å². The predicted molar refractivity (Wildman–Crippen MR) is 47.9 cm³/mol. The highest BCUT2D eigenvalue weighted by atomic mass is 16.4. The van der Waals surface area contributed by atoms with E-state index in [0.29, 0.717) is 19.5 Å². The molecule has 0 heterocycles. The van der Waals surface area contributed by atoms with Gasteiger partial charge in [-0.25, -0.2) is 5.01 Å². The predicted octanol–water partition coefficient (Wildman–Crippen LogP) is -1.88. The maximum absolute atomic E-state index is 10.2. The number of nitrogens with two attached hydrogens (primary N) is 2. The van der Waals surface area contributed by atoms with Gasteiger partial charge in [-0.05, 0) is 6.42 Å². The van der Waals surface area contributed by atoms with E-state index >= 15 is 0 Å². The molecule has 0 radical (unpaired) electrons. The van der Waals surface area contributed by atoms with E-state index in [9.17, 15) is 4.79 Å². The summed E-state index contributed by atoms with van der Waals surface area (Å²) >= 11 is 0. The lowest BCUT2D eigenvalue weighted by Crippen LogP contribution is -2.39. The maximum Gasteiger partial charge on any atom is 0.319 e. The zero-order valence-corrected chi connectivity index (χ0v) is 7.29. The number of carboxylic acids is 1. The van der Waals surface area contributed by atoms with Crippen molar-refractivity contribution in [1.29, 1.82) is 5.41 Å². The summed E-state index contributed by atoms with van der Waals surface area (Å²) in [7, 11) is 0. The summed E-state index contributed by atoms with van der Waals surface area (Å²) in [5.74, 6) is 4.28. The Morgan fingerprint density at radius 1 is 1.62 bits per heavy atom. The van der Waals surface area contributed by atoms with Crippen molar-refractivity contribution >= 4 is 11.9 Å². The molecule has 0 bridgehead atoms. The van der Waals surface area contributed by atoms with E-state index in [2.05, 4.69) is 5.32 Å². The average Bonchev–Trinajstić information content (AvgIpc) is 1.96. The lowest BCUT2D eigenvalue weighted by atomic mass is 10.4. The number of nitrogens with one attached hydrogen (secondary N) is 2. The van der Waals surface area contributed by atoms with Gasteiger partial charge >= 0.3 is 5.97 Å². The Hall–Kier alpha value is -1.34. The third-order valence-electron chi connectivity index (χ3n) is 1.28. The monoisotopic (exact) mass is 189 g/mol. The Morgan fingerprint density at radius 2 is 2.23 bits per heavy atom. The topological polar surface area (TPSA) is 128 Å². The first-order chi connectivity index (χ1) is 6.02. The quantitative estimate of drug-likeness (QED) is 0.109. The van der Waals surface area contributed by atoms with Crippen LogP contribution in [0.3, 0.4) is 0 Å². The van der Waals surface area contributed by atoms with Crippen molar-refractivity contribution in [2.24, 2.45) is 11.6 Å². The van der Waals surface area contributed by atoms with Crippen LogP contribution in [0.2, 0.25) is 0 Å². The Kier molecular flexibility index (Phi) is 5.57. The summed E-state index contributed by atoms with van der Waals surface area (Å²) < 4.78 is 0. The first kappa shape index (κ1) is 11.7. The van der Waals surface area contributed by atoms with Crippen LogP contribution in [-0.2, 0) is 4.79 Å². The Morgan fingerprint density at radius 3 is 2.69 bits per heavy atom. The molecule has 0 rings (SSSR count).